The maximum Gasteiger partial charge on any atom is 0.156 e. The molecule has 0 fully saturated rings. The molecule has 0 aliphatic rings. The molecule has 0 spiro atoms. The number of hydrogen-bond acceptors (Lipinski definition) is 6. The number of nitrogens with zero attached hydrogens (tertiary/aromatic N) is 4. The van der Waals surface area contributed by atoms with Crippen molar-refractivity contribution in [3.63, 3.8) is 0 Å². The van der Waals surface area contributed by atoms with Crippen LogP contribution in [0.5, 0.6) is 0 Å². The Hall–Kier alpha value is -2.57. The van der Waals surface area contributed by atoms with Crippen LogP contribution in [0.25, 0.3) is 11.0 Å². The molecule has 25 heavy (non-hydrogen) atoms. The van der Waals surface area contributed by atoms with Crippen LogP contribution in [0.15, 0.2) is 41.7 Å². The highest BCUT2D eigenvalue weighted by atomic mass is 35.5. The van der Waals surface area contributed by atoms with Gasteiger partial charge in [-0.3, -0.25) is 9.79 Å². The summed E-state index contributed by atoms with van der Waals surface area (Å²) in [4.78, 5) is 28.1. The Balaban J connectivity index is 1.84. The maximum atomic E-state index is 11.2. The smallest absolute Gasteiger partial charge is 0.156 e. The molecule has 8 heteroatoms. The van der Waals surface area contributed by atoms with Gasteiger partial charge in [-0.25, -0.2) is 15.0 Å². The van der Waals surface area contributed by atoms with Gasteiger partial charge in [0.05, 0.1) is 27.8 Å². The van der Waals surface area contributed by atoms with Gasteiger partial charge >= 0.3 is 0 Å². The zero-order chi connectivity index (χ0) is 17.8. The van der Waals surface area contributed by atoms with Gasteiger partial charge in [0.25, 0.3) is 0 Å². The van der Waals surface area contributed by atoms with Crippen molar-refractivity contribution >= 4 is 58.2 Å². The average molecular weight is 374 g/mol. The fourth-order valence-corrected chi connectivity index (χ4v) is 2.58. The number of aliphatic imine (C=N–C) groups is 1. The topological polar surface area (TPSA) is 80.1 Å². The van der Waals surface area contributed by atoms with E-state index in [0.29, 0.717) is 44.6 Å². The van der Waals surface area contributed by atoms with Crippen LogP contribution in [0.3, 0.4) is 0 Å². The third-order valence-electron chi connectivity index (χ3n) is 3.40. The van der Waals surface area contributed by atoms with E-state index in [4.69, 9.17) is 23.2 Å². The number of carbonyl (C=O) groups excluding carboxylic acids is 1. The summed E-state index contributed by atoms with van der Waals surface area (Å²) in [5.41, 5.74) is 2.12. The van der Waals surface area contributed by atoms with E-state index < -0.39 is 0 Å². The van der Waals surface area contributed by atoms with Gasteiger partial charge in [-0.05, 0) is 31.2 Å². The molecule has 3 rings (SSSR count). The summed E-state index contributed by atoms with van der Waals surface area (Å²) >= 11 is 11.9. The summed E-state index contributed by atoms with van der Waals surface area (Å²) in [6.07, 6.45) is 3.81. The molecule has 6 nitrogen and oxygen atoms in total. The number of aromatic nitrogens is 3. The molecule has 1 atom stereocenters. The SMILES string of the molecule is C[C@@H](C=Nc1cccc(Cl)c1C=O)Nc1ncnc2ccc(Cl)nc12. The number of fused-ring (bicyclic) bond motifs is 1. The standard InChI is InChI=1S/C17H13Cl2N5O/c1-10(7-20-13-4-2-3-12(18)11(13)8-25)23-17-16-14(21-9-22-17)5-6-15(19)24-16/h2-10H,1H3,(H,21,22,23)/t10-/m0/s1. The molecule has 0 saturated heterocycles. The van der Waals surface area contributed by atoms with Gasteiger partial charge in [0, 0.05) is 6.21 Å². The normalized spacial score (nSPS) is 12.4. The van der Waals surface area contributed by atoms with Crippen molar-refractivity contribution in [1.29, 1.82) is 0 Å². The Bertz CT molecular complexity index is 961. The Kier molecular flexibility index (Phi) is 5.21. The van der Waals surface area contributed by atoms with E-state index in [1.165, 1.54) is 6.33 Å². The fraction of sp³-hybridized carbons (Fsp3) is 0.118. The molecule has 126 valence electrons. The third kappa shape index (κ3) is 3.92. The number of carbonyl (C=O) groups is 1. The number of nitrogens with one attached hydrogen (secondary N) is 1. The van der Waals surface area contributed by atoms with Crippen molar-refractivity contribution in [3.05, 3.63) is 52.4 Å². The van der Waals surface area contributed by atoms with Crippen molar-refractivity contribution in [2.45, 2.75) is 13.0 Å². The van der Waals surface area contributed by atoms with Crippen molar-refractivity contribution < 1.29 is 4.79 Å². The molecule has 2 aromatic heterocycles. The van der Waals surface area contributed by atoms with Crippen molar-refractivity contribution in [3.8, 4) is 0 Å². The van der Waals surface area contributed by atoms with E-state index in [0.717, 1.165) is 0 Å². The minimum atomic E-state index is -0.183. The minimum Gasteiger partial charge on any atom is -0.361 e. The summed E-state index contributed by atoms with van der Waals surface area (Å²) in [7, 11) is 0. The van der Waals surface area contributed by atoms with Crippen molar-refractivity contribution in [2.24, 2.45) is 4.99 Å². The summed E-state index contributed by atoms with van der Waals surface area (Å²) in [5.74, 6) is 0.549. The van der Waals surface area contributed by atoms with Gasteiger partial charge in [-0.1, -0.05) is 29.3 Å². The molecule has 1 N–H and O–H groups in total. The van der Waals surface area contributed by atoms with Crippen LogP contribution in [0.1, 0.15) is 17.3 Å². The number of aldehydes is 1. The summed E-state index contributed by atoms with van der Waals surface area (Å²) in [6.45, 7) is 1.90. The lowest BCUT2D eigenvalue weighted by Crippen LogP contribution is -2.18. The predicted octanol–water partition coefficient (Wildman–Crippen LogP) is 4.35. The van der Waals surface area contributed by atoms with E-state index in [-0.39, 0.29) is 6.04 Å². The summed E-state index contributed by atoms with van der Waals surface area (Å²) < 4.78 is 0. The maximum absolute atomic E-state index is 11.2. The Morgan fingerprint density at radius 3 is 2.84 bits per heavy atom. The van der Waals surface area contributed by atoms with E-state index >= 15 is 0 Å². The highest BCUT2D eigenvalue weighted by Gasteiger charge is 2.09. The van der Waals surface area contributed by atoms with Gasteiger partial charge in [0.2, 0.25) is 0 Å². The lowest BCUT2D eigenvalue weighted by Gasteiger charge is -2.11. The third-order valence-corrected chi connectivity index (χ3v) is 3.94. The van der Waals surface area contributed by atoms with Gasteiger partial charge in [-0.2, -0.15) is 0 Å². The molecule has 0 amide bonds. The number of benzene rings is 1. The van der Waals surface area contributed by atoms with E-state index in [2.05, 4.69) is 25.3 Å². The van der Waals surface area contributed by atoms with Gasteiger partial charge in [0.1, 0.15) is 17.0 Å². The number of rotatable bonds is 5. The first kappa shape index (κ1) is 17.3. The molecule has 0 bridgehead atoms. The van der Waals surface area contributed by atoms with Gasteiger partial charge in [-0.15, -0.1) is 0 Å². The van der Waals surface area contributed by atoms with Crippen LogP contribution >= 0.6 is 23.2 Å². The van der Waals surface area contributed by atoms with E-state index in [9.17, 15) is 4.79 Å². The van der Waals surface area contributed by atoms with Crippen LogP contribution in [-0.4, -0.2) is 33.5 Å². The van der Waals surface area contributed by atoms with Crippen molar-refractivity contribution in [2.75, 3.05) is 5.32 Å². The second-order valence-electron chi connectivity index (χ2n) is 5.23. The lowest BCUT2D eigenvalue weighted by atomic mass is 10.2. The van der Waals surface area contributed by atoms with Crippen molar-refractivity contribution in [1.82, 2.24) is 15.0 Å². The van der Waals surface area contributed by atoms with Gasteiger partial charge in [0.15, 0.2) is 12.1 Å². The number of pyridine rings is 1. The largest absolute Gasteiger partial charge is 0.361 e. The van der Waals surface area contributed by atoms with Crippen LogP contribution in [0.4, 0.5) is 11.5 Å². The first-order valence-corrected chi connectivity index (χ1v) is 8.15. The first-order chi connectivity index (χ1) is 12.1. The Morgan fingerprint density at radius 1 is 1.20 bits per heavy atom. The lowest BCUT2D eigenvalue weighted by molar-refractivity contribution is 0.112. The Morgan fingerprint density at radius 2 is 2.04 bits per heavy atom. The zero-order valence-corrected chi connectivity index (χ0v) is 14.7. The number of hydrogen-bond donors (Lipinski definition) is 1. The molecule has 0 saturated carbocycles. The molecule has 0 unspecified atom stereocenters. The highest BCUT2D eigenvalue weighted by molar-refractivity contribution is 6.33. The fourth-order valence-electron chi connectivity index (χ4n) is 2.22. The molecule has 3 aromatic rings. The average Bonchev–Trinajstić information content (AvgIpc) is 2.60. The summed E-state index contributed by atoms with van der Waals surface area (Å²) in [5, 5.41) is 3.92. The van der Waals surface area contributed by atoms with Crippen LogP contribution < -0.4 is 5.32 Å². The highest BCUT2D eigenvalue weighted by Crippen LogP contribution is 2.25. The van der Waals surface area contributed by atoms with Gasteiger partial charge < -0.3 is 5.32 Å². The summed E-state index contributed by atoms with van der Waals surface area (Å²) in [6, 6.07) is 8.38. The zero-order valence-electron chi connectivity index (χ0n) is 13.1. The quantitative estimate of drug-likeness (QED) is 0.408. The molecule has 0 aliphatic heterocycles. The monoisotopic (exact) mass is 373 g/mol. The number of halogens is 2. The van der Waals surface area contributed by atoms with Crippen LogP contribution in [0.2, 0.25) is 10.2 Å². The molecule has 0 aliphatic carbocycles. The molecular formula is C17H13Cl2N5O. The predicted molar refractivity (Wildman–Crippen MR) is 100 cm³/mol. The molecule has 0 radical (unpaired) electrons. The van der Waals surface area contributed by atoms with Crippen LogP contribution in [0, 0.1) is 0 Å². The second-order valence-corrected chi connectivity index (χ2v) is 6.02. The van der Waals surface area contributed by atoms with E-state index in [1.807, 2.05) is 6.92 Å². The molecular weight excluding hydrogens is 361 g/mol. The first-order valence-electron chi connectivity index (χ1n) is 7.40. The van der Waals surface area contributed by atoms with E-state index in [1.54, 1.807) is 36.5 Å². The minimum absolute atomic E-state index is 0.183. The Labute approximate surface area is 154 Å². The molecule has 2 heterocycles. The second kappa shape index (κ2) is 7.55. The van der Waals surface area contributed by atoms with Crippen LogP contribution in [-0.2, 0) is 0 Å². The molecule has 1 aromatic carbocycles. The number of anilines is 1.